The topological polar surface area (TPSA) is 76.1 Å². The Morgan fingerprint density at radius 1 is 1.30 bits per heavy atom. The zero-order valence-electron chi connectivity index (χ0n) is 11.2. The van der Waals surface area contributed by atoms with Crippen molar-refractivity contribution in [3.05, 3.63) is 16.6 Å². The summed E-state index contributed by atoms with van der Waals surface area (Å²) in [6.45, 7) is 0.665. The predicted molar refractivity (Wildman–Crippen MR) is 76.6 cm³/mol. The summed E-state index contributed by atoms with van der Waals surface area (Å²) in [7, 11) is -0.656. The molecule has 1 aromatic carbocycles. The van der Waals surface area contributed by atoms with Gasteiger partial charge in [0.2, 0.25) is 10.0 Å². The second kappa shape index (κ2) is 5.88. The summed E-state index contributed by atoms with van der Waals surface area (Å²) in [5.74, 6) is 0.826. The van der Waals surface area contributed by atoms with Gasteiger partial charge >= 0.3 is 0 Å². The van der Waals surface area contributed by atoms with Crippen molar-refractivity contribution in [3.8, 4) is 11.5 Å². The first-order valence-corrected chi connectivity index (χ1v) is 8.19. The number of aliphatic hydroxyl groups excluding tert-OH is 1. The summed E-state index contributed by atoms with van der Waals surface area (Å²) in [5.41, 5.74) is 0. The van der Waals surface area contributed by atoms with Crippen molar-refractivity contribution in [1.82, 2.24) is 4.31 Å². The third-order valence-electron chi connectivity index (χ3n) is 3.24. The Balaban J connectivity index is 2.37. The van der Waals surface area contributed by atoms with Crippen LogP contribution in [0.2, 0.25) is 0 Å². The summed E-state index contributed by atoms with van der Waals surface area (Å²) in [5, 5.41) is 8.98. The van der Waals surface area contributed by atoms with Crippen LogP contribution < -0.4 is 9.47 Å². The summed E-state index contributed by atoms with van der Waals surface area (Å²) in [6.07, 6.45) is 0. The normalized spacial score (nSPS) is 16.8. The molecule has 20 heavy (non-hydrogen) atoms. The molecule has 0 aliphatic carbocycles. The van der Waals surface area contributed by atoms with Crippen LogP contribution in [0.3, 0.4) is 0 Å². The maximum Gasteiger partial charge on any atom is 0.244 e. The Kier molecular flexibility index (Phi) is 4.58. The molecule has 0 aromatic heterocycles. The van der Waals surface area contributed by atoms with E-state index in [1.165, 1.54) is 24.6 Å². The smallest absolute Gasteiger partial charge is 0.244 e. The van der Waals surface area contributed by atoms with Crippen LogP contribution >= 0.6 is 15.9 Å². The van der Waals surface area contributed by atoms with Gasteiger partial charge in [-0.2, -0.15) is 4.31 Å². The van der Waals surface area contributed by atoms with E-state index in [-0.39, 0.29) is 17.4 Å². The fraction of sp³-hybridized carbons (Fsp3) is 0.500. The molecule has 1 fully saturated rings. The number of sulfonamides is 1. The molecule has 2 rings (SSSR count). The molecule has 0 bridgehead atoms. The predicted octanol–water partition coefficient (Wildman–Crippen LogP) is 1.08. The van der Waals surface area contributed by atoms with Crippen LogP contribution in [0.15, 0.2) is 21.5 Å². The molecule has 1 aromatic rings. The first-order chi connectivity index (χ1) is 9.43. The van der Waals surface area contributed by atoms with Crippen LogP contribution in [0.25, 0.3) is 0 Å². The minimum absolute atomic E-state index is 0.000870. The van der Waals surface area contributed by atoms with Crippen LogP contribution in [0.4, 0.5) is 0 Å². The van der Waals surface area contributed by atoms with E-state index >= 15 is 0 Å². The van der Waals surface area contributed by atoms with E-state index in [2.05, 4.69) is 15.9 Å². The molecule has 1 heterocycles. The average molecular weight is 366 g/mol. The Labute approximate surface area is 126 Å². The van der Waals surface area contributed by atoms with E-state index < -0.39 is 10.0 Å². The highest BCUT2D eigenvalue weighted by atomic mass is 79.9. The van der Waals surface area contributed by atoms with E-state index in [1.807, 2.05) is 0 Å². The van der Waals surface area contributed by atoms with Crippen molar-refractivity contribution in [2.24, 2.45) is 5.92 Å². The lowest BCUT2D eigenvalue weighted by Crippen LogP contribution is -2.51. The zero-order chi connectivity index (χ0) is 14.9. The van der Waals surface area contributed by atoms with E-state index in [1.54, 1.807) is 6.07 Å². The lowest BCUT2D eigenvalue weighted by atomic mass is 10.1. The van der Waals surface area contributed by atoms with Crippen molar-refractivity contribution in [1.29, 1.82) is 0 Å². The van der Waals surface area contributed by atoms with Crippen molar-refractivity contribution in [3.63, 3.8) is 0 Å². The van der Waals surface area contributed by atoms with Crippen molar-refractivity contribution >= 4 is 26.0 Å². The number of hydrogen-bond donors (Lipinski definition) is 1. The van der Waals surface area contributed by atoms with Gasteiger partial charge in [-0.3, -0.25) is 0 Å². The minimum Gasteiger partial charge on any atom is -0.493 e. The maximum atomic E-state index is 12.5. The number of aliphatic hydroxyl groups is 1. The number of hydrogen-bond acceptors (Lipinski definition) is 5. The monoisotopic (exact) mass is 365 g/mol. The van der Waals surface area contributed by atoms with Crippen LogP contribution in [0.5, 0.6) is 11.5 Å². The Morgan fingerprint density at radius 2 is 1.85 bits per heavy atom. The fourth-order valence-electron chi connectivity index (χ4n) is 2.01. The van der Waals surface area contributed by atoms with Gasteiger partial charge in [0.25, 0.3) is 0 Å². The minimum atomic E-state index is -3.59. The van der Waals surface area contributed by atoms with Crippen molar-refractivity contribution < 1.29 is 23.0 Å². The van der Waals surface area contributed by atoms with E-state index in [4.69, 9.17) is 14.6 Å². The molecule has 1 aliphatic heterocycles. The third-order valence-corrected chi connectivity index (χ3v) is 6.03. The Morgan fingerprint density at radius 3 is 2.35 bits per heavy atom. The van der Waals surface area contributed by atoms with Crippen molar-refractivity contribution in [2.45, 2.75) is 4.90 Å². The van der Waals surface area contributed by atoms with E-state index in [9.17, 15) is 8.42 Å². The van der Waals surface area contributed by atoms with Gasteiger partial charge in [-0.1, -0.05) is 0 Å². The molecule has 0 radical (unpaired) electrons. The molecular weight excluding hydrogens is 350 g/mol. The van der Waals surface area contributed by atoms with Gasteiger partial charge < -0.3 is 14.6 Å². The third kappa shape index (κ3) is 2.65. The van der Waals surface area contributed by atoms with E-state index in [0.717, 1.165) is 0 Å². The quantitative estimate of drug-likeness (QED) is 0.844. The van der Waals surface area contributed by atoms with Gasteiger partial charge in [-0.15, -0.1) is 0 Å². The standard InChI is InChI=1S/C12H16BrNO5S/c1-18-10-3-9(13)12(4-11(10)19-2)20(16,17)14-5-8(6-14)7-15/h3-4,8,15H,5-7H2,1-2H3. The first-order valence-electron chi connectivity index (χ1n) is 5.96. The molecule has 1 N–H and O–H groups in total. The Hall–Kier alpha value is -0.830. The molecular formula is C12H16BrNO5S. The second-order valence-corrected chi connectivity index (χ2v) is 7.27. The largest absolute Gasteiger partial charge is 0.493 e. The number of ether oxygens (including phenoxy) is 2. The number of halogens is 1. The molecule has 0 saturated carbocycles. The number of methoxy groups -OCH3 is 2. The van der Waals surface area contributed by atoms with Gasteiger partial charge in [-0.25, -0.2) is 8.42 Å². The highest BCUT2D eigenvalue weighted by Crippen LogP contribution is 2.37. The van der Waals surface area contributed by atoms with Gasteiger partial charge in [0.15, 0.2) is 11.5 Å². The average Bonchev–Trinajstić information content (AvgIpc) is 2.36. The van der Waals surface area contributed by atoms with Crippen LogP contribution in [0, 0.1) is 5.92 Å². The highest BCUT2D eigenvalue weighted by Gasteiger charge is 2.37. The number of rotatable bonds is 5. The highest BCUT2D eigenvalue weighted by molar-refractivity contribution is 9.10. The zero-order valence-corrected chi connectivity index (χ0v) is 13.6. The fourth-order valence-corrected chi connectivity index (χ4v) is 4.60. The lowest BCUT2D eigenvalue weighted by molar-refractivity contribution is 0.117. The molecule has 1 aliphatic rings. The van der Waals surface area contributed by atoms with Crippen LogP contribution in [0.1, 0.15) is 0 Å². The lowest BCUT2D eigenvalue weighted by Gasteiger charge is -2.37. The summed E-state index contributed by atoms with van der Waals surface area (Å²) in [6, 6.07) is 3.00. The molecule has 0 atom stereocenters. The van der Waals surface area contributed by atoms with Gasteiger partial charge in [-0.05, 0) is 22.0 Å². The summed E-state index contributed by atoms with van der Waals surface area (Å²) in [4.78, 5) is 0.131. The molecule has 6 nitrogen and oxygen atoms in total. The maximum absolute atomic E-state index is 12.5. The summed E-state index contributed by atoms with van der Waals surface area (Å²) >= 11 is 3.25. The number of benzene rings is 1. The molecule has 0 amide bonds. The number of nitrogens with zero attached hydrogens (tertiary/aromatic N) is 1. The molecule has 0 unspecified atom stereocenters. The molecule has 112 valence electrons. The van der Waals surface area contributed by atoms with Crippen LogP contribution in [-0.2, 0) is 10.0 Å². The van der Waals surface area contributed by atoms with Crippen LogP contribution in [-0.4, -0.2) is 51.7 Å². The Bertz CT molecular complexity index is 598. The summed E-state index contributed by atoms with van der Waals surface area (Å²) < 4.78 is 37.0. The molecule has 8 heteroatoms. The first kappa shape index (κ1) is 15.6. The molecule has 1 saturated heterocycles. The van der Waals surface area contributed by atoms with Gasteiger partial charge in [0.1, 0.15) is 4.90 Å². The van der Waals surface area contributed by atoms with Gasteiger partial charge in [0.05, 0.1) is 14.2 Å². The van der Waals surface area contributed by atoms with Crippen molar-refractivity contribution in [2.75, 3.05) is 33.9 Å². The second-order valence-electron chi connectivity index (χ2n) is 4.51. The van der Waals surface area contributed by atoms with Gasteiger partial charge in [0, 0.05) is 36.2 Å². The molecule has 0 spiro atoms. The van der Waals surface area contributed by atoms with E-state index in [0.29, 0.717) is 29.1 Å². The SMILES string of the molecule is COc1cc(Br)c(S(=O)(=O)N2CC(CO)C2)cc1OC.